The van der Waals surface area contributed by atoms with Crippen LogP contribution in [0.2, 0.25) is 5.02 Å². The minimum Gasteiger partial charge on any atom is -0.420 e. The summed E-state index contributed by atoms with van der Waals surface area (Å²) < 4.78 is 5.85. The van der Waals surface area contributed by atoms with Crippen LogP contribution in [-0.2, 0) is 0 Å². The van der Waals surface area contributed by atoms with E-state index in [4.69, 9.17) is 16.0 Å². The Morgan fingerprint density at radius 3 is 2.52 bits per heavy atom. The summed E-state index contributed by atoms with van der Waals surface area (Å²) in [5, 5.41) is 13.6. The molecule has 0 aliphatic carbocycles. The molecule has 1 aliphatic rings. The Hall–Kier alpha value is -3.07. The molecule has 1 fully saturated rings. The normalized spacial score (nSPS) is 15.6. The molecule has 3 aromatic rings. The van der Waals surface area contributed by atoms with Crippen molar-refractivity contribution in [3.8, 4) is 6.07 Å². The highest BCUT2D eigenvalue weighted by molar-refractivity contribution is 6.30. The maximum atomic E-state index is 9.52. The predicted octanol–water partition coefficient (Wildman–Crippen LogP) is 6.01. The quantitative estimate of drug-likeness (QED) is 0.495. The molecule has 0 bridgehead atoms. The van der Waals surface area contributed by atoms with E-state index in [2.05, 4.69) is 33.4 Å². The van der Waals surface area contributed by atoms with Crippen LogP contribution in [0.15, 0.2) is 59.0 Å². The first kappa shape index (κ1) is 21.2. The number of aromatic nitrogens is 1. The summed E-state index contributed by atoms with van der Waals surface area (Å²) >= 11 is 6.10. The van der Waals surface area contributed by atoms with E-state index >= 15 is 0 Å². The molecule has 5 nitrogen and oxygen atoms in total. The number of hydrogen-bond acceptors (Lipinski definition) is 5. The third-order valence-electron chi connectivity index (χ3n) is 5.51. The SMILES string of the molecule is N#Cc1nc(/C=C/c2ccccc2)oc1NC[C@H](c1ccc(Cl)cc1)N1CCCCC1. The summed E-state index contributed by atoms with van der Waals surface area (Å²) in [6, 6.07) is 20.2. The Morgan fingerprint density at radius 2 is 1.81 bits per heavy atom. The van der Waals surface area contributed by atoms with Crippen molar-refractivity contribution in [2.75, 3.05) is 25.0 Å². The number of nitrogens with one attached hydrogen (secondary N) is 1. The fourth-order valence-corrected chi connectivity index (χ4v) is 4.02. The minimum absolute atomic E-state index is 0.164. The van der Waals surface area contributed by atoms with Gasteiger partial charge >= 0.3 is 0 Å². The molecule has 158 valence electrons. The molecule has 1 N–H and O–H groups in total. The molecule has 31 heavy (non-hydrogen) atoms. The van der Waals surface area contributed by atoms with E-state index in [0.29, 0.717) is 18.3 Å². The lowest BCUT2D eigenvalue weighted by Gasteiger charge is -2.35. The lowest BCUT2D eigenvalue weighted by molar-refractivity contribution is 0.170. The molecule has 6 heteroatoms. The Morgan fingerprint density at radius 1 is 1.06 bits per heavy atom. The van der Waals surface area contributed by atoms with Gasteiger partial charge in [0.05, 0.1) is 6.04 Å². The summed E-state index contributed by atoms with van der Waals surface area (Å²) in [6.45, 7) is 2.73. The van der Waals surface area contributed by atoms with Crippen LogP contribution in [0.4, 0.5) is 5.88 Å². The van der Waals surface area contributed by atoms with Crippen molar-refractivity contribution in [2.24, 2.45) is 0 Å². The monoisotopic (exact) mass is 432 g/mol. The Labute approximate surface area is 188 Å². The summed E-state index contributed by atoms with van der Waals surface area (Å²) in [4.78, 5) is 6.79. The zero-order valence-electron chi connectivity index (χ0n) is 17.3. The first-order valence-electron chi connectivity index (χ1n) is 10.6. The summed E-state index contributed by atoms with van der Waals surface area (Å²) in [5.74, 6) is 0.815. The van der Waals surface area contributed by atoms with Crippen molar-refractivity contribution in [3.05, 3.63) is 82.3 Å². The summed E-state index contributed by atoms with van der Waals surface area (Å²) in [6.07, 6.45) is 7.37. The van der Waals surface area contributed by atoms with Crippen LogP contribution < -0.4 is 5.32 Å². The number of oxazole rings is 1. The van der Waals surface area contributed by atoms with Crippen molar-refractivity contribution in [3.63, 3.8) is 0 Å². The van der Waals surface area contributed by atoms with Gasteiger partial charge in [0.1, 0.15) is 6.07 Å². The van der Waals surface area contributed by atoms with Gasteiger partial charge in [0.2, 0.25) is 17.5 Å². The second-order valence-electron chi connectivity index (χ2n) is 7.63. The van der Waals surface area contributed by atoms with Gasteiger partial charge < -0.3 is 9.73 Å². The summed E-state index contributed by atoms with van der Waals surface area (Å²) in [5.41, 5.74) is 2.50. The summed E-state index contributed by atoms with van der Waals surface area (Å²) in [7, 11) is 0. The largest absolute Gasteiger partial charge is 0.420 e. The van der Waals surface area contributed by atoms with Crippen molar-refractivity contribution in [1.29, 1.82) is 5.26 Å². The number of nitriles is 1. The molecule has 4 rings (SSSR count). The molecular formula is C25H25ClN4O. The lowest BCUT2D eigenvalue weighted by Crippen LogP contribution is -2.37. The van der Waals surface area contributed by atoms with Gasteiger partial charge in [-0.1, -0.05) is 60.5 Å². The van der Waals surface area contributed by atoms with Crippen molar-refractivity contribution < 1.29 is 4.42 Å². The van der Waals surface area contributed by atoms with E-state index in [-0.39, 0.29) is 11.7 Å². The molecule has 2 heterocycles. The molecule has 0 spiro atoms. The first-order chi connectivity index (χ1) is 15.2. The molecule has 0 saturated carbocycles. The third kappa shape index (κ3) is 5.55. The highest BCUT2D eigenvalue weighted by Crippen LogP contribution is 2.27. The van der Waals surface area contributed by atoms with E-state index in [1.807, 2.05) is 48.5 Å². The van der Waals surface area contributed by atoms with Gasteiger partial charge in [0.25, 0.3) is 0 Å². The predicted molar refractivity (Wildman–Crippen MR) is 125 cm³/mol. The average molecular weight is 433 g/mol. The minimum atomic E-state index is 0.164. The standard InChI is InChI=1S/C25H25ClN4O/c26-21-12-10-20(11-13-21)23(30-15-5-2-6-16-30)18-28-25-22(17-27)29-24(31-25)14-9-19-7-3-1-4-8-19/h1,3-4,7-14,23,28H,2,5-6,15-16,18H2/b14-9+/t23-/m1/s1. The molecule has 1 atom stereocenters. The highest BCUT2D eigenvalue weighted by atomic mass is 35.5. The molecular weight excluding hydrogens is 408 g/mol. The Kier molecular flexibility index (Phi) is 7.03. The number of rotatable bonds is 7. The van der Waals surface area contributed by atoms with Crippen molar-refractivity contribution in [2.45, 2.75) is 25.3 Å². The second kappa shape index (κ2) is 10.3. The van der Waals surface area contributed by atoms with Crippen LogP contribution >= 0.6 is 11.6 Å². The van der Waals surface area contributed by atoms with Gasteiger partial charge in [-0.2, -0.15) is 10.2 Å². The van der Waals surface area contributed by atoms with Crippen LogP contribution in [-0.4, -0.2) is 29.5 Å². The molecule has 1 aliphatic heterocycles. The number of benzene rings is 2. The second-order valence-corrected chi connectivity index (χ2v) is 8.07. The first-order valence-corrected chi connectivity index (χ1v) is 11.0. The van der Waals surface area contributed by atoms with E-state index in [1.54, 1.807) is 6.08 Å². The lowest BCUT2D eigenvalue weighted by atomic mass is 10.0. The highest BCUT2D eigenvalue weighted by Gasteiger charge is 2.23. The topological polar surface area (TPSA) is 65.1 Å². The molecule has 0 radical (unpaired) electrons. The molecule has 1 saturated heterocycles. The number of nitrogens with zero attached hydrogens (tertiary/aromatic N) is 3. The van der Waals surface area contributed by atoms with Crippen molar-refractivity contribution in [1.82, 2.24) is 9.88 Å². The van der Waals surface area contributed by atoms with Crippen LogP contribution in [0.25, 0.3) is 12.2 Å². The van der Waals surface area contributed by atoms with E-state index in [9.17, 15) is 5.26 Å². The van der Waals surface area contributed by atoms with Crippen LogP contribution in [0.3, 0.4) is 0 Å². The molecule has 0 unspecified atom stereocenters. The zero-order valence-corrected chi connectivity index (χ0v) is 18.1. The van der Waals surface area contributed by atoms with Crippen LogP contribution in [0.5, 0.6) is 0 Å². The number of anilines is 1. The fourth-order valence-electron chi connectivity index (χ4n) is 3.90. The average Bonchev–Trinajstić information content (AvgIpc) is 3.22. The maximum Gasteiger partial charge on any atom is 0.232 e. The van der Waals surface area contributed by atoms with E-state index in [1.165, 1.54) is 24.8 Å². The van der Waals surface area contributed by atoms with Gasteiger partial charge in [-0.25, -0.2) is 0 Å². The molecule has 2 aromatic carbocycles. The van der Waals surface area contributed by atoms with Gasteiger partial charge in [-0.15, -0.1) is 0 Å². The maximum absolute atomic E-state index is 9.52. The smallest absolute Gasteiger partial charge is 0.232 e. The molecule has 1 aromatic heterocycles. The number of piperidine rings is 1. The van der Waals surface area contributed by atoms with E-state index in [0.717, 1.165) is 23.7 Å². The zero-order chi connectivity index (χ0) is 21.5. The molecule has 0 amide bonds. The Bertz CT molecular complexity index is 1050. The third-order valence-corrected chi connectivity index (χ3v) is 5.76. The van der Waals surface area contributed by atoms with Crippen molar-refractivity contribution >= 4 is 29.6 Å². The van der Waals surface area contributed by atoms with Gasteiger partial charge in [0, 0.05) is 17.6 Å². The van der Waals surface area contributed by atoms with Gasteiger partial charge in [-0.05, 0) is 55.3 Å². The fraction of sp³-hybridized carbons (Fsp3) is 0.280. The van der Waals surface area contributed by atoms with Crippen LogP contribution in [0, 0.1) is 11.3 Å². The van der Waals surface area contributed by atoms with Gasteiger partial charge in [-0.3, -0.25) is 4.90 Å². The number of halogens is 1. The van der Waals surface area contributed by atoms with Gasteiger partial charge in [0.15, 0.2) is 0 Å². The van der Waals surface area contributed by atoms with Crippen LogP contribution in [0.1, 0.15) is 48.0 Å². The Balaban J connectivity index is 1.51. The number of hydrogen-bond donors (Lipinski definition) is 1. The van der Waals surface area contributed by atoms with E-state index < -0.39 is 0 Å². The number of likely N-dealkylation sites (tertiary alicyclic amines) is 1.